The lowest BCUT2D eigenvalue weighted by molar-refractivity contribution is -0.113. The Morgan fingerprint density at radius 1 is 1.32 bits per heavy atom. The Morgan fingerprint density at radius 3 is 2.87 bits per heavy atom. The molecule has 2 heterocycles. The average molecular weight is 450 g/mol. The van der Waals surface area contributed by atoms with E-state index in [0.717, 1.165) is 49.2 Å². The molecule has 0 bridgehead atoms. The molecule has 0 saturated heterocycles. The van der Waals surface area contributed by atoms with Crippen LogP contribution in [0.4, 0.5) is 5.00 Å². The van der Waals surface area contributed by atoms with Crippen LogP contribution in [-0.4, -0.2) is 26.4 Å². The Labute approximate surface area is 189 Å². The Kier molecular flexibility index (Phi) is 5.55. The topological polar surface area (TPSA) is 83.6 Å². The molecule has 2 aliphatic carbocycles. The van der Waals surface area contributed by atoms with E-state index in [-0.39, 0.29) is 11.7 Å². The monoisotopic (exact) mass is 449 g/mol. The lowest BCUT2D eigenvalue weighted by Crippen LogP contribution is -2.14. The van der Waals surface area contributed by atoms with Gasteiger partial charge in [0.15, 0.2) is 0 Å². The van der Waals surface area contributed by atoms with E-state index in [2.05, 4.69) is 23.4 Å². The number of fused-ring (bicyclic) bond motifs is 1. The SMILES string of the molecule is C[C@H]1CCc2c(sc(NC(=O)CSc3nc(C4CC4)n(-c4ccccc4)n3)c2C#N)C1. The maximum absolute atomic E-state index is 12.6. The highest BCUT2D eigenvalue weighted by atomic mass is 32.2. The van der Waals surface area contributed by atoms with Gasteiger partial charge in [-0.05, 0) is 55.7 Å². The van der Waals surface area contributed by atoms with Crippen molar-refractivity contribution in [1.82, 2.24) is 14.8 Å². The molecule has 8 heteroatoms. The molecule has 1 aromatic carbocycles. The Hall–Kier alpha value is -2.63. The molecule has 0 radical (unpaired) electrons. The van der Waals surface area contributed by atoms with Gasteiger partial charge in [-0.15, -0.1) is 16.4 Å². The van der Waals surface area contributed by atoms with E-state index in [1.54, 1.807) is 11.3 Å². The number of rotatable bonds is 6. The minimum atomic E-state index is -0.128. The quantitative estimate of drug-likeness (QED) is 0.539. The molecule has 1 fully saturated rings. The zero-order valence-corrected chi connectivity index (χ0v) is 18.9. The van der Waals surface area contributed by atoms with Gasteiger partial charge in [0, 0.05) is 10.8 Å². The largest absolute Gasteiger partial charge is 0.316 e. The lowest BCUT2D eigenvalue weighted by atomic mass is 9.89. The zero-order chi connectivity index (χ0) is 21.4. The first-order valence-electron chi connectivity index (χ1n) is 10.6. The number of hydrogen-bond acceptors (Lipinski definition) is 6. The molecule has 31 heavy (non-hydrogen) atoms. The minimum absolute atomic E-state index is 0.128. The zero-order valence-electron chi connectivity index (χ0n) is 17.3. The van der Waals surface area contributed by atoms with E-state index in [9.17, 15) is 10.1 Å². The number of thioether (sulfide) groups is 1. The molecule has 0 aliphatic heterocycles. The van der Waals surface area contributed by atoms with E-state index >= 15 is 0 Å². The summed E-state index contributed by atoms with van der Waals surface area (Å²) in [5, 5.41) is 18.5. The molecule has 1 amide bonds. The molecule has 2 aromatic heterocycles. The fraction of sp³-hybridized carbons (Fsp3) is 0.391. The molecule has 1 atom stereocenters. The van der Waals surface area contributed by atoms with Gasteiger partial charge in [0.25, 0.3) is 0 Å². The maximum atomic E-state index is 12.6. The number of para-hydroxylation sites is 1. The molecule has 1 saturated carbocycles. The molecule has 2 aliphatic rings. The molecule has 0 spiro atoms. The van der Waals surface area contributed by atoms with Gasteiger partial charge in [-0.3, -0.25) is 4.79 Å². The summed E-state index contributed by atoms with van der Waals surface area (Å²) in [5.41, 5.74) is 2.77. The van der Waals surface area contributed by atoms with Crippen LogP contribution in [0, 0.1) is 17.2 Å². The van der Waals surface area contributed by atoms with Crippen LogP contribution in [0.2, 0.25) is 0 Å². The molecule has 3 aromatic rings. The summed E-state index contributed by atoms with van der Waals surface area (Å²) in [6, 6.07) is 12.3. The smallest absolute Gasteiger partial charge is 0.235 e. The van der Waals surface area contributed by atoms with Gasteiger partial charge in [-0.1, -0.05) is 36.9 Å². The second-order valence-electron chi connectivity index (χ2n) is 8.28. The van der Waals surface area contributed by atoms with Crippen molar-refractivity contribution in [3.8, 4) is 11.8 Å². The Morgan fingerprint density at radius 2 is 2.13 bits per heavy atom. The van der Waals surface area contributed by atoms with Crippen LogP contribution in [-0.2, 0) is 17.6 Å². The van der Waals surface area contributed by atoms with E-state index in [1.165, 1.54) is 16.6 Å². The van der Waals surface area contributed by atoms with Gasteiger partial charge in [-0.25, -0.2) is 9.67 Å². The highest BCUT2D eigenvalue weighted by Gasteiger charge is 2.30. The van der Waals surface area contributed by atoms with E-state index in [4.69, 9.17) is 4.98 Å². The predicted octanol–water partition coefficient (Wildman–Crippen LogP) is 4.93. The Bertz CT molecular complexity index is 1160. The molecule has 5 rings (SSSR count). The lowest BCUT2D eigenvalue weighted by Gasteiger charge is -2.17. The first-order valence-corrected chi connectivity index (χ1v) is 12.4. The fourth-order valence-electron chi connectivity index (χ4n) is 3.98. The van der Waals surface area contributed by atoms with E-state index in [0.29, 0.717) is 27.6 Å². The molecule has 0 unspecified atom stereocenters. The van der Waals surface area contributed by atoms with Crippen LogP contribution in [0.5, 0.6) is 0 Å². The van der Waals surface area contributed by atoms with Gasteiger partial charge in [0.05, 0.1) is 17.0 Å². The third kappa shape index (κ3) is 4.25. The number of carbonyl (C=O) groups excluding carboxylic acids is 1. The fourth-order valence-corrected chi connectivity index (χ4v) is 5.99. The van der Waals surface area contributed by atoms with Crippen molar-refractivity contribution in [3.63, 3.8) is 0 Å². The van der Waals surface area contributed by atoms with E-state index < -0.39 is 0 Å². The standard InChI is InChI=1S/C23H23N5OS2/c1-14-7-10-17-18(12-24)22(31-19(17)11-14)25-20(29)13-30-23-26-21(15-8-9-15)28(27-23)16-5-3-2-4-6-16/h2-6,14-15H,7-11,13H2,1H3,(H,25,29)/t14-/m0/s1. The maximum Gasteiger partial charge on any atom is 0.235 e. The number of nitrogens with one attached hydrogen (secondary N) is 1. The van der Waals surface area contributed by atoms with E-state index in [1.807, 2.05) is 35.0 Å². The molecule has 6 nitrogen and oxygen atoms in total. The summed E-state index contributed by atoms with van der Waals surface area (Å²) in [5.74, 6) is 2.14. The average Bonchev–Trinajstić information content (AvgIpc) is 3.44. The van der Waals surface area contributed by atoms with Crippen molar-refractivity contribution < 1.29 is 4.79 Å². The second kappa shape index (κ2) is 8.48. The van der Waals surface area contributed by atoms with Crippen molar-refractivity contribution in [2.75, 3.05) is 11.1 Å². The number of nitriles is 1. The third-order valence-corrected chi connectivity index (χ3v) is 7.77. The van der Waals surface area contributed by atoms with Gasteiger partial charge in [0.2, 0.25) is 11.1 Å². The number of anilines is 1. The summed E-state index contributed by atoms with van der Waals surface area (Å²) >= 11 is 2.90. The summed E-state index contributed by atoms with van der Waals surface area (Å²) < 4.78 is 1.90. The van der Waals surface area contributed by atoms with Crippen molar-refractivity contribution >= 4 is 34.0 Å². The number of nitrogens with zero attached hydrogens (tertiary/aromatic N) is 4. The van der Waals surface area contributed by atoms with Crippen molar-refractivity contribution in [1.29, 1.82) is 5.26 Å². The molecule has 1 N–H and O–H groups in total. The molecular formula is C23H23N5OS2. The van der Waals surface area contributed by atoms with Gasteiger partial charge >= 0.3 is 0 Å². The number of aromatic nitrogens is 3. The van der Waals surface area contributed by atoms with Gasteiger partial charge in [0.1, 0.15) is 16.9 Å². The van der Waals surface area contributed by atoms with Crippen LogP contribution in [0.3, 0.4) is 0 Å². The normalized spacial score (nSPS) is 17.7. The van der Waals surface area contributed by atoms with Crippen molar-refractivity contribution in [2.45, 2.75) is 50.1 Å². The summed E-state index contributed by atoms with van der Waals surface area (Å²) in [4.78, 5) is 18.6. The Balaban J connectivity index is 1.28. The van der Waals surface area contributed by atoms with Crippen LogP contribution >= 0.6 is 23.1 Å². The number of thiophene rings is 1. The van der Waals surface area contributed by atoms with Crippen LogP contribution in [0.25, 0.3) is 5.69 Å². The van der Waals surface area contributed by atoms with Crippen molar-refractivity contribution in [2.24, 2.45) is 5.92 Å². The second-order valence-corrected chi connectivity index (χ2v) is 10.3. The first kappa shape index (κ1) is 20.3. The summed E-state index contributed by atoms with van der Waals surface area (Å²) in [6.45, 7) is 2.24. The molecule has 158 valence electrons. The summed E-state index contributed by atoms with van der Waals surface area (Å²) in [7, 11) is 0. The predicted molar refractivity (Wildman–Crippen MR) is 123 cm³/mol. The number of amides is 1. The van der Waals surface area contributed by atoms with Crippen LogP contribution in [0.1, 0.15) is 53.9 Å². The number of carbonyl (C=O) groups is 1. The number of benzene rings is 1. The number of hydrogen-bond donors (Lipinski definition) is 1. The third-order valence-electron chi connectivity index (χ3n) is 5.76. The minimum Gasteiger partial charge on any atom is -0.316 e. The van der Waals surface area contributed by atoms with Crippen LogP contribution < -0.4 is 5.32 Å². The highest BCUT2D eigenvalue weighted by molar-refractivity contribution is 7.99. The van der Waals surface area contributed by atoms with Gasteiger partial charge in [-0.2, -0.15) is 5.26 Å². The first-order chi connectivity index (χ1) is 15.1. The highest BCUT2D eigenvalue weighted by Crippen LogP contribution is 2.41. The van der Waals surface area contributed by atoms with Gasteiger partial charge < -0.3 is 5.32 Å². The summed E-state index contributed by atoms with van der Waals surface area (Å²) in [6.07, 6.45) is 5.28. The van der Waals surface area contributed by atoms with Crippen molar-refractivity contribution in [3.05, 3.63) is 52.2 Å². The van der Waals surface area contributed by atoms with Crippen LogP contribution in [0.15, 0.2) is 35.5 Å². The molecular weight excluding hydrogens is 426 g/mol.